The van der Waals surface area contributed by atoms with Crippen LogP contribution in [-0.4, -0.2) is 10.9 Å². The fourth-order valence-corrected chi connectivity index (χ4v) is 2.43. The van der Waals surface area contributed by atoms with Crippen molar-refractivity contribution in [1.29, 1.82) is 0 Å². The summed E-state index contributed by atoms with van der Waals surface area (Å²) in [5.74, 6) is 0. The number of para-hydroxylation sites is 1. The zero-order chi connectivity index (χ0) is 15.2. The predicted octanol–water partition coefficient (Wildman–Crippen LogP) is 4.24. The molecular weight excluding hydrogens is 256 g/mol. The van der Waals surface area contributed by atoms with Gasteiger partial charge in [-0.15, -0.1) is 0 Å². The Labute approximate surface area is 128 Å². The van der Waals surface area contributed by atoms with Crippen LogP contribution in [-0.2, 0) is 19.5 Å². The summed E-state index contributed by atoms with van der Waals surface area (Å²) in [4.78, 5) is 2.45. The minimum atomic E-state index is 0.482. The number of benzene rings is 2. The third-order valence-corrected chi connectivity index (χ3v) is 3.98. The molecule has 0 heterocycles. The van der Waals surface area contributed by atoms with Crippen LogP contribution in [0.2, 0.25) is 0 Å². The second-order valence-corrected chi connectivity index (χ2v) is 5.87. The van der Waals surface area contributed by atoms with Crippen LogP contribution in [0.1, 0.15) is 37.5 Å². The molecule has 0 aromatic heterocycles. The number of anilines is 1. The van der Waals surface area contributed by atoms with Crippen LogP contribution in [0, 0.1) is 0 Å². The average Bonchev–Trinajstić information content (AvgIpc) is 2.49. The molecule has 0 saturated carbocycles. The summed E-state index contributed by atoms with van der Waals surface area (Å²) >= 11 is 0. The van der Waals surface area contributed by atoms with Gasteiger partial charge in [-0.25, -0.2) is 0 Å². The number of hydrogen-bond acceptors (Lipinski definition) is 2. The van der Waals surface area contributed by atoms with Crippen LogP contribution in [0.3, 0.4) is 0 Å². The highest BCUT2D eigenvalue weighted by Crippen LogP contribution is 2.18. The minimum absolute atomic E-state index is 0.482. The third kappa shape index (κ3) is 4.33. The van der Waals surface area contributed by atoms with Gasteiger partial charge < -0.3 is 5.73 Å². The molecule has 0 bridgehead atoms. The first-order valence-corrected chi connectivity index (χ1v) is 7.75. The van der Waals surface area contributed by atoms with Gasteiger partial charge in [0.2, 0.25) is 0 Å². The first-order chi connectivity index (χ1) is 10.1. The van der Waals surface area contributed by atoms with E-state index in [4.69, 9.17) is 5.73 Å². The summed E-state index contributed by atoms with van der Waals surface area (Å²) in [5.41, 5.74) is 10.9. The van der Waals surface area contributed by atoms with Crippen molar-refractivity contribution in [2.45, 2.75) is 46.3 Å². The van der Waals surface area contributed by atoms with E-state index in [1.165, 1.54) is 16.7 Å². The van der Waals surface area contributed by atoms with E-state index >= 15 is 0 Å². The molecule has 2 rings (SSSR count). The molecule has 0 atom stereocenters. The maximum atomic E-state index is 6.07. The number of rotatable bonds is 6. The van der Waals surface area contributed by atoms with Gasteiger partial charge in [0.25, 0.3) is 0 Å². The van der Waals surface area contributed by atoms with E-state index in [1.54, 1.807) is 0 Å². The normalized spacial score (nSPS) is 11.3. The van der Waals surface area contributed by atoms with Gasteiger partial charge in [-0.3, -0.25) is 4.90 Å². The van der Waals surface area contributed by atoms with E-state index in [0.717, 1.165) is 25.2 Å². The van der Waals surface area contributed by atoms with E-state index in [-0.39, 0.29) is 0 Å². The van der Waals surface area contributed by atoms with Crippen LogP contribution < -0.4 is 5.73 Å². The average molecular weight is 282 g/mol. The van der Waals surface area contributed by atoms with Crippen molar-refractivity contribution in [2.24, 2.45) is 0 Å². The summed E-state index contributed by atoms with van der Waals surface area (Å²) < 4.78 is 0. The van der Waals surface area contributed by atoms with Gasteiger partial charge in [-0.05, 0) is 43.0 Å². The fourth-order valence-electron chi connectivity index (χ4n) is 2.43. The summed E-state index contributed by atoms with van der Waals surface area (Å²) in [5, 5.41) is 0. The molecule has 0 unspecified atom stereocenters. The Balaban J connectivity index is 2.10. The highest BCUT2D eigenvalue weighted by atomic mass is 15.1. The number of nitrogen functional groups attached to an aromatic ring is 1. The van der Waals surface area contributed by atoms with Gasteiger partial charge in [0.1, 0.15) is 0 Å². The lowest BCUT2D eigenvalue weighted by atomic mass is 10.1. The Bertz CT molecular complexity index is 558. The lowest BCUT2D eigenvalue weighted by Crippen LogP contribution is -2.30. The summed E-state index contributed by atoms with van der Waals surface area (Å²) in [6.45, 7) is 8.50. The number of aryl methyl sites for hydroxylation is 1. The fraction of sp³-hybridized carbons (Fsp3) is 0.368. The highest BCUT2D eigenvalue weighted by molar-refractivity contribution is 5.46. The van der Waals surface area contributed by atoms with Gasteiger partial charge in [0.15, 0.2) is 0 Å². The molecule has 2 heteroatoms. The van der Waals surface area contributed by atoms with Gasteiger partial charge in [0.05, 0.1) is 0 Å². The molecule has 0 aliphatic carbocycles. The molecule has 0 spiro atoms. The molecular formula is C19H26N2. The molecule has 0 radical (unpaired) electrons. The molecule has 0 amide bonds. The zero-order valence-corrected chi connectivity index (χ0v) is 13.3. The molecule has 2 nitrogen and oxygen atoms in total. The van der Waals surface area contributed by atoms with Crippen molar-refractivity contribution < 1.29 is 0 Å². The van der Waals surface area contributed by atoms with E-state index < -0.39 is 0 Å². The molecule has 2 aromatic rings. The van der Waals surface area contributed by atoms with Crippen LogP contribution in [0.4, 0.5) is 5.69 Å². The SMILES string of the molecule is CCc1ccc(CN(Cc2ccccc2N)C(C)C)cc1. The molecule has 0 saturated heterocycles. The van der Waals surface area contributed by atoms with Gasteiger partial charge in [-0.1, -0.05) is 49.4 Å². The third-order valence-electron chi connectivity index (χ3n) is 3.98. The lowest BCUT2D eigenvalue weighted by molar-refractivity contribution is 0.204. The maximum Gasteiger partial charge on any atom is 0.0359 e. The zero-order valence-electron chi connectivity index (χ0n) is 13.3. The monoisotopic (exact) mass is 282 g/mol. The van der Waals surface area contributed by atoms with E-state index in [1.807, 2.05) is 12.1 Å². The second-order valence-electron chi connectivity index (χ2n) is 5.87. The number of nitrogens with two attached hydrogens (primary N) is 1. The van der Waals surface area contributed by atoms with E-state index in [2.05, 4.69) is 62.1 Å². The van der Waals surface area contributed by atoms with Crippen LogP contribution in [0.15, 0.2) is 48.5 Å². The van der Waals surface area contributed by atoms with Crippen molar-refractivity contribution in [3.63, 3.8) is 0 Å². The maximum absolute atomic E-state index is 6.07. The van der Waals surface area contributed by atoms with Gasteiger partial charge in [0, 0.05) is 24.8 Å². The Hall–Kier alpha value is -1.80. The molecule has 2 aromatic carbocycles. The Morgan fingerprint density at radius 2 is 1.52 bits per heavy atom. The molecule has 21 heavy (non-hydrogen) atoms. The van der Waals surface area contributed by atoms with E-state index in [0.29, 0.717) is 6.04 Å². The lowest BCUT2D eigenvalue weighted by Gasteiger charge is -2.27. The first-order valence-electron chi connectivity index (χ1n) is 7.75. The Kier molecular flexibility index (Phi) is 5.40. The summed E-state index contributed by atoms with van der Waals surface area (Å²) in [6, 6.07) is 17.5. The topological polar surface area (TPSA) is 29.3 Å². The van der Waals surface area contributed by atoms with Crippen molar-refractivity contribution in [3.8, 4) is 0 Å². The Morgan fingerprint density at radius 1 is 0.905 bits per heavy atom. The first kappa shape index (κ1) is 15.6. The largest absolute Gasteiger partial charge is 0.398 e. The van der Waals surface area contributed by atoms with Crippen LogP contribution in [0.25, 0.3) is 0 Å². The highest BCUT2D eigenvalue weighted by Gasteiger charge is 2.12. The smallest absolute Gasteiger partial charge is 0.0359 e. The number of hydrogen-bond donors (Lipinski definition) is 1. The van der Waals surface area contributed by atoms with Crippen molar-refractivity contribution in [3.05, 3.63) is 65.2 Å². The van der Waals surface area contributed by atoms with Crippen molar-refractivity contribution >= 4 is 5.69 Å². The number of nitrogens with zero attached hydrogens (tertiary/aromatic N) is 1. The van der Waals surface area contributed by atoms with Gasteiger partial charge in [-0.2, -0.15) is 0 Å². The summed E-state index contributed by atoms with van der Waals surface area (Å²) in [6.07, 6.45) is 1.09. The summed E-state index contributed by atoms with van der Waals surface area (Å²) in [7, 11) is 0. The second kappa shape index (κ2) is 7.28. The Morgan fingerprint density at radius 3 is 2.10 bits per heavy atom. The molecule has 2 N–H and O–H groups in total. The quantitative estimate of drug-likeness (QED) is 0.803. The van der Waals surface area contributed by atoms with Gasteiger partial charge >= 0.3 is 0 Å². The van der Waals surface area contributed by atoms with Crippen molar-refractivity contribution in [1.82, 2.24) is 4.90 Å². The standard InChI is InChI=1S/C19H26N2/c1-4-16-9-11-17(12-10-16)13-21(15(2)3)14-18-7-5-6-8-19(18)20/h5-12,15H,4,13-14,20H2,1-3H3. The molecule has 0 aliphatic heterocycles. The molecule has 112 valence electrons. The van der Waals surface area contributed by atoms with E-state index in [9.17, 15) is 0 Å². The van der Waals surface area contributed by atoms with Crippen LogP contribution >= 0.6 is 0 Å². The minimum Gasteiger partial charge on any atom is -0.398 e. The van der Waals surface area contributed by atoms with Crippen LogP contribution in [0.5, 0.6) is 0 Å². The molecule has 0 aliphatic rings. The predicted molar refractivity (Wildman–Crippen MR) is 91.1 cm³/mol. The molecule has 0 fully saturated rings. The van der Waals surface area contributed by atoms with Crippen molar-refractivity contribution in [2.75, 3.05) is 5.73 Å².